The van der Waals surface area contributed by atoms with Crippen LogP contribution in [-0.4, -0.2) is 20.3 Å². The lowest BCUT2D eigenvalue weighted by Crippen LogP contribution is -2.45. The van der Waals surface area contributed by atoms with E-state index in [4.69, 9.17) is 4.74 Å². The van der Waals surface area contributed by atoms with Crippen LogP contribution >= 0.6 is 0 Å². The maximum Gasteiger partial charge on any atom is 0.0756 e. The van der Waals surface area contributed by atoms with Gasteiger partial charge in [-0.25, -0.2) is 0 Å². The number of allylic oxidation sites excluding steroid dienone is 1. The molecule has 2 unspecified atom stereocenters. The van der Waals surface area contributed by atoms with Crippen LogP contribution in [0.15, 0.2) is 103 Å². The summed E-state index contributed by atoms with van der Waals surface area (Å²) in [6.07, 6.45) is 7.49. The fraction of sp³-hybridized carbons (Fsp3) is 0.350. The number of rotatable bonds is 10. The molecule has 0 heterocycles. The Morgan fingerprint density at radius 2 is 1.19 bits per heavy atom. The van der Waals surface area contributed by atoms with Gasteiger partial charge >= 0.3 is 0 Å². The minimum absolute atomic E-state index is 0.0485. The van der Waals surface area contributed by atoms with Gasteiger partial charge in [0, 0.05) is 17.7 Å². The Labute approximate surface area is 254 Å². The number of unbranched alkanes of at least 4 members (excludes halogenated alkanes) is 3. The van der Waals surface area contributed by atoms with E-state index >= 15 is 0 Å². The average molecular weight is 571 g/mol. The summed E-state index contributed by atoms with van der Waals surface area (Å²) < 4.78 is 6.02. The van der Waals surface area contributed by atoms with Crippen LogP contribution in [0.3, 0.4) is 0 Å². The molecule has 2 heteroatoms. The normalized spacial score (nSPS) is 17.4. The Hall–Kier alpha value is -3.20. The van der Waals surface area contributed by atoms with Gasteiger partial charge in [0.05, 0.1) is 13.7 Å². The van der Waals surface area contributed by atoms with Crippen molar-refractivity contribution in [3.8, 4) is 22.3 Å². The van der Waals surface area contributed by atoms with Crippen molar-refractivity contribution in [2.75, 3.05) is 6.61 Å². The van der Waals surface area contributed by atoms with Gasteiger partial charge in [0.25, 0.3) is 0 Å². The first kappa shape index (κ1) is 28.9. The molecule has 0 amide bonds. The summed E-state index contributed by atoms with van der Waals surface area (Å²) in [4.78, 5) is 0. The third kappa shape index (κ3) is 5.48. The average Bonchev–Trinajstić information content (AvgIpc) is 3.51. The summed E-state index contributed by atoms with van der Waals surface area (Å²) in [5, 5.41) is 0. The van der Waals surface area contributed by atoms with Crippen LogP contribution in [-0.2, 0) is 4.74 Å². The van der Waals surface area contributed by atoms with Gasteiger partial charge in [-0.3, -0.25) is 0 Å². The Bertz CT molecular complexity index is 1530. The molecule has 2 aliphatic carbocycles. The summed E-state index contributed by atoms with van der Waals surface area (Å²) in [7, 11) is -2.02. The van der Waals surface area contributed by atoms with E-state index in [1.807, 2.05) is 0 Å². The second-order valence-corrected chi connectivity index (χ2v) is 18.4. The zero-order valence-electron chi connectivity index (χ0n) is 26.1. The van der Waals surface area contributed by atoms with E-state index in [0.717, 1.165) is 13.0 Å². The molecule has 0 bridgehead atoms. The number of ether oxygens (including phenoxy) is 1. The van der Waals surface area contributed by atoms with Crippen molar-refractivity contribution >= 4 is 14.1 Å². The SMILES string of the molecule is CC1=Cc2c(-c3ccccc3)cccc2C1[Si](C)(CCCCCCOC(C)(C)C)C1c2ccccc2-c2ccccc21. The van der Waals surface area contributed by atoms with Gasteiger partial charge in [-0.1, -0.05) is 141 Å². The second-order valence-electron chi connectivity index (χ2n) is 13.7. The number of fused-ring (bicyclic) bond motifs is 4. The molecule has 2 atom stereocenters. The zero-order chi connectivity index (χ0) is 29.3. The molecule has 0 saturated carbocycles. The third-order valence-electron chi connectivity index (χ3n) is 9.66. The van der Waals surface area contributed by atoms with E-state index in [1.165, 1.54) is 53.1 Å². The zero-order valence-corrected chi connectivity index (χ0v) is 27.1. The first-order valence-corrected chi connectivity index (χ1v) is 18.8. The Morgan fingerprint density at radius 1 is 0.619 bits per heavy atom. The summed E-state index contributed by atoms with van der Waals surface area (Å²) in [5.41, 5.74) is 14.2. The van der Waals surface area contributed by atoms with Crippen LogP contribution in [0, 0.1) is 0 Å². The van der Waals surface area contributed by atoms with E-state index in [0.29, 0.717) is 11.1 Å². The van der Waals surface area contributed by atoms with Crippen LogP contribution in [0.25, 0.3) is 28.3 Å². The minimum Gasteiger partial charge on any atom is -0.376 e. The molecule has 0 spiro atoms. The maximum absolute atomic E-state index is 6.02. The van der Waals surface area contributed by atoms with E-state index in [2.05, 4.69) is 137 Å². The van der Waals surface area contributed by atoms with Gasteiger partial charge in [-0.05, 0) is 78.6 Å². The molecule has 0 fully saturated rings. The molecule has 0 aromatic heterocycles. The van der Waals surface area contributed by atoms with E-state index in [9.17, 15) is 0 Å². The molecule has 0 aliphatic heterocycles. The molecule has 6 rings (SSSR count). The Kier molecular flexibility index (Phi) is 8.13. The van der Waals surface area contributed by atoms with Crippen LogP contribution in [0.4, 0.5) is 0 Å². The highest BCUT2D eigenvalue weighted by molar-refractivity contribution is 6.83. The molecule has 2 aliphatic rings. The van der Waals surface area contributed by atoms with Crippen LogP contribution in [0.5, 0.6) is 0 Å². The molecule has 42 heavy (non-hydrogen) atoms. The first-order chi connectivity index (χ1) is 20.3. The molecule has 216 valence electrons. The van der Waals surface area contributed by atoms with Gasteiger partial charge in [-0.15, -0.1) is 0 Å². The predicted molar refractivity (Wildman–Crippen MR) is 183 cm³/mol. The second kappa shape index (κ2) is 11.8. The Balaban J connectivity index is 1.38. The van der Waals surface area contributed by atoms with E-state index < -0.39 is 8.07 Å². The van der Waals surface area contributed by atoms with Crippen LogP contribution in [0.2, 0.25) is 12.6 Å². The molecule has 0 N–H and O–H groups in total. The molecular weight excluding hydrogens is 525 g/mol. The van der Waals surface area contributed by atoms with E-state index in [-0.39, 0.29) is 5.60 Å². The smallest absolute Gasteiger partial charge is 0.0756 e. The lowest BCUT2D eigenvalue weighted by atomic mass is 9.97. The van der Waals surface area contributed by atoms with Gasteiger partial charge in [0.2, 0.25) is 0 Å². The van der Waals surface area contributed by atoms with Gasteiger partial charge < -0.3 is 4.74 Å². The first-order valence-electron chi connectivity index (χ1n) is 16.0. The number of hydrogen-bond acceptors (Lipinski definition) is 1. The van der Waals surface area contributed by atoms with Crippen molar-refractivity contribution < 1.29 is 4.74 Å². The molecular formula is C40H46OSi. The molecule has 0 saturated heterocycles. The lowest BCUT2D eigenvalue weighted by molar-refractivity contribution is -0.00471. The fourth-order valence-corrected chi connectivity index (χ4v) is 13.9. The molecule has 4 aromatic rings. The van der Waals surface area contributed by atoms with Crippen molar-refractivity contribution in [2.24, 2.45) is 0 Å². The standard InChI is InChI=1S/C40H46OSi/c1-29-28-37-31(30-18-9-8-10-19-30)24-17-25-36(37)38(29)42(5,27-16-7-6-15-26-41-40(2,3)4)39-34-22-13-11-20-32(34)33-21-12-14-23-35(33)39/h8-14,17-25,28,38-39H,6-7,15-16,26-27H2,1-5H3. The van der Waals surface area contributed by atoms with Crippen molar-refractivity contribution in [1.29, 1.82) is 0 Å². The molecule has 0 radical (unpaired) electrons. The summed E-state index contributed by atoms with van der Waals surface area (Å²) in [6.45, 7) is 12.5. The highest BCUT2D eigenvalue weighted by Gasteiger charge is 2.50. The largest absolute Gasteiger partial charge is 0.376 e. The Morgan fingerprint density at radius 3 is 1.86 bits per heavy atom. The summed E-state index contributed by atoms with van der Waals surface area (Å²) >= 11 is 0. The van der Waals surface area contributed by atoms with Gasteiger partial charge in [0.1, 0.15) is 0 Å². The fourth-order valence-electron chi connectivity index (χ4n) is 7.96. The van der Waals surface area contributed by atoms with Crippen molar-refractivity contribution in [2.45, 2.75) is 82.7 Å². The number of benzene rings is 4. The third-order valence-corrected chi connectivity index (χ3v) is 15.1. The monoisotopic (exact) mass is 570 g/mol. The highest BCUT2D eigenvalue weighted by Crippen LogP contribution is 2.57. The van der Waals surface area contributed by atoms with Gasteiger partial charge in [0.15, 0.2) is 0 Å². The topological polar surface area (TPSA) is 9.23 Å². The van der Waals surface area contributed by atoms with Crippen molar-refractivity contribution in [3.05, 3.63) is 125 Å². The maximum atomic E-state index is 6.02. The van der Waals surface area contributed by atoms with Crippen molar-refractivity contribution in [3.63, 3.8) is 0 Å². The van der Waals surface area contributed by atoms with E-state index in [1.54, 1.807) is 22.3 Å². The molecule has 1 nitrogen and oxygen atoms in total. The highest BCUT2D eigenvalue weighted by atomic mass is 28.3. The molecule has 4 aromatic carbocycles. The quantitative estimate of drug-likeness (QED) is 0.136. The lowest BCUT2D eigenvalue weighted by Gasteiger charge is -2.42. The predicted octanol–water partition coefficient (Wildman–Crippen LogP) is 11.2. The minimum atomic E-state index is -2.02. The number of hydrogen-bond donors (Lipinski definition) is 0. The van der Waals surface area contributed by atoms with Gasteiger partial charge in [-0.2, -0.15) is 0 Å². The summed E-state index contributed by atoms with van der Waals surface area (Å²) in [5.74, 6) is 0. The summed E-state index contributed by atoms with van der Waals surface area (Å²) in [6, 6.07) is 37.9. The van der Waals surface area contributed by atoms with Crippen molar-refractivity contribution in [1.82, 2.24) is 0 Å². The van der Waals surface area contributed by atoms with Crippen LogP contribution in [0.1, 0.15) is 86.7 Å². The van der Waals surface area contributed by atoms with Crippen LogP contribution < -0.4 is 0 Å².